The van der Waals surface area contributed by atoms with E-state index < -0.39 is 29.7 Å². The van der Waals surface area contributed by atoms with Crippen LogP contribution in [0.25, 0.3) is 0 Å². The Morgan fingerprint density at radius 3 is 2.55 bits per heavy atom. The van der Waals surface area contributed by atoms with Crippen molar-refractivity contribution in [2.75, 3.05) is 13.2 Å². The van der Waals surface area contributed by atoms with Crippen LogP contribution < -0.4 is 5.32 Å². The van der Waals surface area contributed by atoms with Gasteiger partial charge in [-0.1, -0.05) is 31.7 Å². The molecule has 0 radical (unpaired) electrons. The van der Waals surface area contributed by atoms with Crippen LogP contribution in [0.3, 0.4) is 0 Å². The number of aryl methyl sites for hydroxylation is 3. The first-order valence-electron chi connectivity index (χ1n) is 14.6. The van der Waals surface area contributed by atoms with Crippen molar-refractivity contribution in [3.8, 4) is 0 Å². The van der Waals surface area contributed by atoms with Crippen molar-refractivity contribution >= 4 is 18.0 Å². The first-order valence-corrected chi connectivity index (χ1v) is 14.6. The summed E-state index contributed by atoms with van der Waals surface area (Å²) in [5, 5.41) is 2.87. The Morgan fingerprint density at radius 1 is 1.05 bits per heavy atom. The maximum absolute atomic E-state index is 13.1. The van der Waals surface area contributed by atoms with Crippen LogP contribution in [-0.2, 0) is 38.3 Å². The van der Waals surface area contributed by atoms with E-state index in [1.165, 1.54) is 41.1 Å². The maximum Gasteiger partial charge on any atom is 0.410 e. The van der Waals surface area contributed by atoms with E-state index in [4.69, 9.17) is 14.5 Å². The number of carbonyl (C=O) groups is 3. The average Bonchev–Trinajstić information content (AvgIpc) is 3.37. The van der Waals surface area contributed by atoms with Gasteiger partial charge < -0.3 is 14.8 Å². The molecule has 1 aliphatic heterocycles. The van der Waals surface area contributed by atoms with E-state index in [9.17, 15) is 14.4 Å². The van der Waals surface area contributed by atoms with Crippen LogP contribution in [0.15, 0.2) is 12.1 Å². The van der Waals surface area contributed by atoms with Gasteiger partial charge in [-0.2, -0.15) is 0 Å². The highest BCUT2D eigenvalue weighted by Gasteiger charge is 2.38. The van der Waals surface area contributed by atoms with Crippen LogP contribution in [0.1, 0.15) is 109 Å². The van der Waals surface area contributed by atoms with Crippen molar-refractivity contribution < 1.29 is 23.9 Å². The zero-order valence-electron chi connectivity index (χ0n) is 23.9. The number of nitrogens with one attached hydrogen (secondary N) is 1. The number of nitrogens with zero attached hydrogens (tertiary/aromatic N) is 2. The fourth-order valence-corrected chi connectivity index (χ4v) is 5.29. The SMILES string of the molecule is CCOC(=O)[C@H](CCCCCCCc1ccc2c(n1)CCCC2)NC(=O)[C@@H]1CCCN1C(=O)OC(C)(C)C. The molecule has 3 rings (SSSR count). The number of esters is 1. The second-order valence-electron chi connectivity index (χ2n) is 11.6. The molecular weight excluding hydrogens is 482 g/mol. The Balaban J connectivity index is 1.41. The van der Waals surface area contributed by atoms with Crippen molar-refractivity contribution in [2.45, 2.75) is 129 Å². The van der Waals surface area contributed by atoms with E-state index in [0.717, 1.165) is 51.4 Å². The normalized spacial score (nSPS) is 18.0. The number of unbranched alkanes of at least 4 members (excludes halogenated alkanes) is 4. The minimum Gasteiger partial charge on any atom is -0.464 e. The molecule has 1 saturated heterocycles. The lowest BCUT2D eigenvalue weighted by atomic mass is 9.95. The summed E-state index contributed by atoms with van der Waals surface area (Å²) in [5.41, 5.74) is 3.29. The fourth-order valence-electron chi connectivity index (χ4n) is 5.29. The zero-order valence-corrected chi connectivity index (χ0v) is 23.9. The first-order chi connectivity index (χ1) is 18.2. The largest absolute Gasteiger partial charge is 0.464 e. The molecule has 2 heterocycles. The van der Waals surface area contributed by atoms with Gasteiger partial charge in [0, 0.05) is 17.9 Å². The van der Waals surface area contributed by atoms with Gasteiger partial charge in [-0.25, -0.2) is 9.59 Å². The lowest BCUT2D eigenvalue weighted by Crippen LogP contribution is -2.52. The van der Waals surface area contributed by atoms with Crippen molar-refractivity contribution in [1.29, 1.82) is 0 Å². The summed E-state index contributed by atoms with van der Waals surface area (Å²) in [6.07, 6.45) is 12.2. The maximum atomic E-state index is 13.1. The predicted octanol–water partition coefficient (Wildman–Crippen LogP) is 5.29. The molecule has 8 heteroatoms. The number of carbonyl (C=O) groups excluding carboxylic acids is 3. The van der Waals surface area contributed by atoms with E-state index in [0.29, 0.717) is 19.4 Å². The summed E-state index contributed by atoms with van der Waals surface area (Å²) in [6, 6.07) is 3.12. The zero-order chi connectivity index (χ0) is 27.5. The van der Waals surface area contributed by atoms with Crippen molar-refractivity contribution in [3.05, 3.63) is 29.1 Å². The van der Waals surface area contributed by atoms with Crippen molar-refractivity contribution in [1.82, 2.24) is 15.2 Å². The first kappa shape index (κ1) is 29.9. The molecule has 0 bridgehead atoms. The molecule has 8 nitrogen and oxygen atoms in total. The number of fused-ring (bicyclic) bond motifs is 1. The highest BCUT2D eigenvalue weighted by atomic mass is 16.6. The third-order valence-corrected chi connectivity index (χ3v) is 7.23. The van der Waals surface area contributed by atoms with E-state index in [1.807, 2.05) is 0 Å². The molecule has 0 unspecified atom stereocenters. The molecule has 0 saturated carbocycles. The van der Waals surface area contributed by atoms with Gasteiger partial charge in [0.05, 0.1) is 6.61 Å². The quantitative estimate of drug-likeness (QED) is 0.292. The Bertz CT molecular complexity index is 942. The number of pyridine rings is 1. The molecule has 0 aromatic carbocycles. The Kier molecular flexibility index (Phi) is 11.4. The minimum atomic E-state index is -0.705. The molecule has 0 spiro atoms. The number of rotatable bonds is 12. The van der Waals surface area contributed by atoms with Gasteiger partial charge >= 0.3 is 12.1 Å². The van der Waals surface area contributed by atoms with Crippen LogP contribution in [0, 0.1) is 0 Å². The molecule has 1 aromatic rings. The number of amides is 2. The summed E-state index contributed by atoms with van der Waals surface area (Å²) < 4.78 is 10.7. The number of likely N-dealkylation sites (tertiary alicyclic amines) is 1. The lowest BCUT2D eigenvalue weighted by Gasteiger charge is -2.29. The van der Waals surface area contributed by atoms with Crippen LogP contribution in [0.2, 0.25) is 0 Å². The molecule has 2 atom stereocenters. The number of hydrogen-bond donors (Lipinski definition) is 1. The van der Waals surface area contributed by atoms with Crippen molar-refractivity contribution in [2.24, 2.45) is 0 Å². The molecule has 1 aliphatic carbocycles. The molecule has 1 N–H and O–H groups in total. The van der Waals surface area contributed by atoms with Crippen LogP contribution >= 0.6 is 0 Å². The highest BCUT2D eigenvalue weighted by molar-refractivity contribution is 5.90. The highest BCUT2D eigenvalue weighted by Crippen LogP contribution is 2.22. The Morgan fingerprint density at radius 2 is 1.79 bits per heavy atom. The smallest absolute Gasteiger partial charge is 0.410 e. The third-order valence-electron chi connectivity index (χ3n) is 7.23. The number of aromatic nitrogens is 1. The van der Waals surface area contributed by atoms with Crippen molar-refractivity contribution in [3.63, 3.8) is 0 Å². The average molecular weight is 530 g/mol. The topological polar surface area (TPSA) is 97.8 Å². The van der Waals surface area contributed by atoms with E-state index in [2.05, 4.69) is 17.4 Å². The minimum absolute atomic E-state index is 0.259. The van der Waals surface area contributed by atoms with Gasteiger partial charge in [0.25, 0.3) is 0 Å². The molecular formula is C30H47N3O5. The number of hydrogen-bond acceptors (Lipinski definition) is 6. The van der Waals surface area contributed by atoms with Gasteiger partial charge in [-0.15, -0.1) is 0 Å². The molecule has 2 amide bonds. The summed E-state index contributed by atoms with van der Waals surface area (Å²) in [4.78, 5) is 44.6. The monoisotopic (exact) mass is 529 g/mol. The lowest BCUT2D eigenvalue weighted by molar-refractivity contribution is -0.148. The van der Waals surface area contributed by atoms with Gasteiger partial charge in [0.1, 0.15) is 17.7 Å². The van der Waals surface area contributed by atoms with E-state index in [-0.39, 0.29) is 12.5 Å². The standard InChI is InChI=1S/C30H47N3O5/c1-5-37-28(35)25(32-27(34)26-18-13-21-33(26)29(36)38-30(2,3)4)17-10-8-6-7-9-15-23-20-19-22-14-11-12-16-24(22)31-23/h19-20,25-26H,5-18,21H2,1-4H3,(H,32,34)/t25-,26-/m0/s1. The van der Waals surface area contributed by atoms with Gasteiger partial charge in [0.15, 0.2) is 0 Å². The van der Waals surface area contributed by atoms with Gasteiger partial charge in [0.2, 0.25) is 5.91 Å². The molecule has 38 heavy (non-hydrogen) atoms. The molecule has 212 valence electrons. The summed E-state index contributed by atoms with van der Waals surface area (Å²) in [7, 11) is 0. The summed E-state index contributed by atoms with van der Waals surface area (Å²) in [5.74, 6) is -0.731. The summed E-state index contributed by atoms with van der Waals surface area (Å²) >= 11 is 0. The molecule has 1 aromatic heterocycles. The summed E-state index contributed by atoms with van der Waals surface area (Å²) in [6.45, 7) is 7.90. The van der Waals surface area contributed by atoms with Crippen LogP contribution in [0.4, 0.5) is 4.79 Å². The fraction of sp³-hybridized carbons (Fsp3) is 0.733. The Labute approximate surface area is 228 Å². The Hall–Kier alpha value is -2.64. The second kappa shape index (κ2) is 14.5. The van der Waals surface area contributed by atoms with Crippen LogP contribution in [-0.4, -0.2) is 58.7 Å². The molecule has 1 fully saturated rings. The van der Waals surface area contributed by atoms with E-state index >= 15 is 0 Å². The van der Waals surface area contributed by atoms with Gasteiger partial charge in [-0.05, 0) is 97.1 Å². The second-order valence-corrected chi connectivity index (χ2v) is 11.6. The number of ether oxygens (including phenoxy) is 2. The third kappa shape index (κ3) is 9.28. The van der Waals surface area contributed by atoms with Gasteiger partial charge in [-0.3, -0.25) is 14.7 Å². The predicted molar refractivity (Wildman–Crippen MR) is 147 cm³/mol. The molecule has 2 aliphatic rings. The van der Waals surface area contributed by atoms with E-state index in [1.54, 1.807) is 27.7 Å². The van der Waals surface area contributed by atoms with Crippen LogP contribution in [0.5, 0.6) is 0 Å².